The number of carbonyl (C=O) groups excluding carboxylic acids is 1. The van der Waals surface area contributed by atoms with Crippen molar-refractivity contribution in [1.29, 1.82) is 0 Å². The molecule has 1 aromatic heterocycles. The third-order valence-corrected chi connectivity index (χ3v) is 4.64. The molecule has 1 aliphatic rings. The van der Waals surface area contributed by atoms with Gasteiger partial charge in [-0.05, 0) is 42.9 Å². The van der Waals surface area contributed by atoms with Crippen molar-refractivity contribution >= 4 is 5.91 Å². The minimum atomic E-state index is -0.286. The Morgan fingerprint density at radius 3 is 3.04 bits per heavy atom. The molecule has 0 saturated heterocycles. The first-order valence-electron chi connectivity index (χ1n) is 8.62. The second-order valence-electron chi connectivity index (χ2n) is 7.43. The van der Waals surface area contributed by atoms with Gasteiger partial charge >= 0.3 is 0 Å². The molecular weight excluding hydrogens is 317 g/mol. The predicted molar refractivity (Wildman–Crippen MR) is 95.9 cm³/mol. The summed E-state index contributed by atoms with van der Waals surface area (Å²) in [7, 11) is 0. The number of allylic oxidation sites excluding steroid dienone is 1. The quantitative estimate of drug-likeness (QED) is 0.832. The predicted octanol–water partition coefficient (Wildman–Crippen LogP) is 4.11. The lowest BCUT2D eigenvalue weighted by molar-refractivity contribution is -0.122. The molecule has 4 nitrogen and oxygen atoms in total. The molecule has 1 amide bonds. The standard InChI is InChI=1S/C20H24FN3O/c1-4-5-9-19(25)23-17-11-20(2,3)12-18-16(17)13-22-24(18)15-8-6-7-14(21)10-15/h4,6-8,10,13,17H,1,5,9,11-12H2,2-3H3,(H,23,25)/t17-/m1/s1. The lowest BCUT2D eigenvalue weighted by atomic mass is 9.74. The fourth-order valence-electron chi connectivity index (χ4n) is 3.50. The summed E-state index contributed by atoms with van der Waals surface area (Å²) < 4.78 is 15.4. The Kier molecular flexibility index (Phi) is 4.75. The van der Waals surface area contributed by atoms with Crippen LogP contribution in [0.3, 0.4) is 0 Å². The molecule has 0 aliphatic heterocycles. The lowest BCUT2D eigenvalue weighted by Gasteiger charge is -2.36. The zero-order valence-electron chi connectivity index (χ0n) is 14.8. The fraction of sp³-hybridized carbons (Fsp3) is 0.400. The van der Waals surface area contributed by atoms with E-state index in [4.69, 9.17) is 0 Å². The Morgan fingerprint density at radius 2 is 2.32 bits per heavy atom. The number of halogens is 1. The second kappa shape index (κ2) is 6.82. The summed E-state index contributed by atoms with van der Waals surface area (Å²) in [6.07, 6.45) is 6.34. The van der Waals surface area contributed by atoms with Crippen LogP contribution < -0.4 is 5.32 Å². The van der Waals surface area contributed by atoms with Crippen LogP contribution in [0.25, 0.3) is 5.69 Å². The first-order chi connectivity index (χ1) is 11.9. The van der Waals surface area contributed by atoms with Crippen LogP contribution >= 0.6 is 0 Å². The van der Waals surface area contributed by atoms with Gasteiger partial charge in [0.15, 0.2) is 0 Å². The van der Waals surface area contributed by atoms with E-state index < -0.39 is 0 Å². The van der Waals surface area contributed by atoms with E-state index in [1.165, 1.54) is 12.1 Å². The maximum absolute atomic E-state index is 13.6. The van der Waals surface area contributed by atoms with Crippen LogP contribution in [-0.2, 0) is 11.2 Å². The van der Waals surface area contributed by atoms with Crippen LogP contribution in [0.2, 0.25) is 0 Å². The highest BCUT2D eigenvalue weighted by molar-refractivity contribution is 5.76. The van der Waals surface area contributed by atoms with Gasteiger partial charge in [0.25, 0.3) is 0 Å². The summed E-state index contributed by atoms with van der Waals surface area (Å²) in [5.41, 5.74) is 2.79. The highest BCUT2D eigenvalue weighted by Gasteiger charge is 2.35. The summed E-state index contributed by atoms with van der Waals surface area (Å²) in [6.45, 7) is 8.02. The first-order valence-corrected chi connectivity index (χ1v) is 8.62. The topological polar surface area (TPSA) is 46.9 Å². The SMILES string of the molecule is C=CCCC(=O)N[C@@H]1CC(C)(C)Cc2c1cnn2-c1cccc(F)c1. The summed E-state index contributed by atoms with van der Waals surface area (Å²) in [6, 6.07) is 6.36. The number of aromatic nitrogens is 2. The molecule has 1 N–H and O–H groups in total. The molecule has 5 heteroatoms. The average Bonchev–Trinajstić information content (AvgIpc) is 2.95. The van der Waals surface area contributed by atoms with Crippen molar-refractivity contribution < 1.29 is 9.18 Å². The number of nitrogens with one attached hydrogen (secondary N) is 1. The summed E-state index contributed by atoms with van der Waals surface area (Å²) in [5, 5.41) is 7.60. The molecule has 3 rings (SSSR count). The molecular formula is C20H24FN3O. The molecule has 0 saturated carbocycles. The molecule has 0 radical (unpaired) electrons. The van der Waals surface area contributed by atoms with Gasteiger partial charge < -0.3 is 5.32 Å². The van der Waals surface area contributed by atoms with Crippen LogP contribution in [0.15, 0.2) is 43.1 Å². The second-order valence-corrected chi connectivity index (χ2v) is 7.43. The molecule has 0 spiro atoms. The zero-order chi connectivity index (χ0) is 18.0. The molecule has 1 heterocycles. The van der Waals surface area contributed by atoms with E-state index in [1.54, 1.807) is 23.0 Å². The van der Waals surface area contributed by atoms with Gasteiger partial charge in [0.1, 0.15) is 5.82 Å². The maximum atomic E-state index is 13.6. The molecule has 0 bridgehead atoms. The number of fused-ring (bicyclic) bond motifs is 1. The average molecular weight is 341 g/mol. The first kappa shape index (κ1) is 17.4. The van der Waals surface area contributed by atoms with E-state index >= 15 is 0 Å². The van der Waals surface area contributed by atoms with Gasteiger partial charge in [0.2, 0.25) is 5.91 Å². The highest BCUT2D eigenvalue weighted by Crippen LogP contribution is 2.41. The summed E-state index contributed by atoms with van der Waals surface area (Å²) in [5.74, 6) is -0.266. The Morgan fingerprint density at radius 1 is 1.52 bits per heavy atom. The molecule has 1 aliphatic carbocycles. The summed E-state index contributed by atoms with van der Waals surface area (Å²) in [4.78, 5) is 12.2. The summed E-state index contributed by atoms with van der Waals surface area (Å²) >= 11 is 0. The van der Waals surface area contributed by atoms with Gasteiger partial charge in [-0.1, -0.05) is 26.0 Å². The van der Waals surface area contributed by atoms with Crippen LogP contribution in [0.5, 0.6) is 0 Å². The molecule has 1 atom stereocenters. The Hall–Kier alpha value is -2.43. The van der Waals surface area contributed by atoms with Gasteiger partial charge in [-0.15, -0.1) is 6.58 Å². The van der Waals surface area contributed by atoms with Crippen molar-refractivity contribution in [3.05, 3.63) is 60.2 Å². The van der Waals surface area contributed by atoms with Crippen molar-refractivity contribution in [1.82, 2.24) is 15.1 Å². The van der Waals surface area contributed by atoms with Crippen molar-refractivity contribution in [2.75, 3.05) is 0 Å². The van der Waals surface area contributed by atoms with Gasteiger partial charge in [0.05, 0.1) is 23.6 Å². The molecule has 25 heavy (non-hydrogen) atoms. The largest absolute Gasteiger partial charge is 0.349 e. The third kappa shape index (κ3) is 3.81. The van der Waals surface area contributed by atoms with E-state index in [0.717, 1.165) is 24.1 Å². The maximum Gasteiger partial charge on any atom is 0.220 e. The normalized spacial score (nSPS) is 18.4. The Bertz CT molecular complexity index is 794. The van der Waals surface area contributed by atoms with E-state index in [-0.39, 0.29) is 23.2 Å². The van der Waals surface area contributed by atoms with Crippen molar-refractivity contribution in [2.24, 2.45) is 5.41 Å². The smallest absolute Gasteiger partial charge is 0.220 e. The number of hydrogen-bond acceptors (Lipinski definition) is 2. The van der Waals surface area contributed by atoms with Crippen LogP contribution in [-0.4, -0.2) is 15.7 Å². The number of hydrogen-bond donors (Lipinski definition) is 1. The van der Waals surface area contributed by atoms with E-state index in [1.807, 2.05) is 6.07 Å². The molecule has 2 aromatic rings. The molecule has 132 valence electrons. The van der Waals surface area contributed by atoms with E-state index in [0.29, 0.717) is 18.5 Å². The van der Waals surface area contributed by atoms with Crippen molar-refractivity contribution in [3.63, 3.8) is 0 Å². The minimum Gasteiger partial charge on any atom is -0.349 e. The molecule has 1 aromatic carbocycles. The van der Waals surface area contributed by atoms with Crippen LogP contribution in [0.4, 0.5) is 4.39 Å². The number of nitrogens with zero attached hydrogens (tertiary/aromatic N) is 2. The molecule has 0 fully saturated rings. The highest BCUT2D eigenvalue weighted by atomic mass is 19.1. The number of benzene rings is 1. The molecule has 0 unspecified atom stereocenters. The fourth-order valence-corrected chi connectivity index (χ4v) is 3.50. The zero-order valence-corrected chi connectivity index (χ0v) is 14.8. The lowest BCUT2D eigenvalue weighted by Crippen LogP contribution is -2.36. The monoisotopic (exact) mass is 341 g/mol. The van der Waals surface area contributed by atoms with Gasteiger partial charge in [-0.25, -0.2) is 9.07 Å². The van der Waals surface area contributed by atoms with E-state index in [2.05, 4.69) is 30.8 Å². The Balaban J connectivity index is 1.93. The van der Waals surface area contributed by atoms with Gasteiger partial charge in [-0.2, -0.15) is 5.10 Å². The number of carbonyl (C=O) groups is 1. The van der Waals surface area contributed by atoms with E-state index in [9.17, 15) is 9.18 Å². The van der Waals surface area contributed by atoms with Crippen molar-refractivity contribution in [3.8, 4) is 5.69 Å². The van der Waals surface area contributed by atoms with Crippen molar-refractivity contribution in [2.45, 2.75) is 45.6 Å². The minimum absolute atomic E-state index is 0.0204. The number of amides is 1. The number of rotatable bonds is 5. The van der Waals surface area contributed by atoms with Gasteiger partial charge in [-0.3, -0.25) is 4.79 Å². The van der Waals surface area contributed by atoms with Gasteiger partial charge in [0, 0.05) is 12.0 Å². The van der Waals surface area contributed by atoms with Crippen LogP contribution in [0, 0.1) is 11.2 Å². The Labute approximate surface area is 147 Å². The van der Waals surface area contributed by atoms with Crippen LogP contribution in [0.1, 0.15) is 50.4 Å². The third-order valence-electron chi connectivity index (χ3n) is 4.64.